The second-order valence-corrected chi connectivity index (χ2v) is 7.33. The molecule has 2 atom stereocenters. The normalized spacial score (nSPS) is 20.3. The van der Waals surface area contributed by atoms with E-state index in [1.165, 1.54) is 12.1 Å². The highest BCUT2D eigenvalue weighted by molar-refractivity contribution is 7.90. The third kappa shape index (κ3) is 4.52. The number of hydrogen-bond acceptors (Lipinski definition) is 5. The van der Waals surface area contributed by atoms with Crippen LogP contribution >= 0.6 is 0 Å². The molecular weight excluding hydrogens is 292 g/mol. The number of rotatable bonds is 6. The molecule has 0 aliphatic carbocycles. The number of aliphatic hydroxyl groups excluding tert-OH is 1. The first-order valence-corrected chi connectivity index (χ1v) is 8.73. The van der Waals surface area contributed by atoms with E-state index in [9.17, 15) is 18.3 Å². The molecule has 1 aliphatic rings. The van der Waals surface area contributed by atoms with Gasteiger partial charge >= 0.3 is 0 Å². The molecule has 1 aliphatic heterocycles. The number of amides is 1. The lowest BCUT2D eigenvalue weighted by Gasteiger charge is -2.15. The van der Waals surface area contributed by atoms with Crippen molar-refractivity contribution in [1.29, 1.82) is 0 Å². The summed E-state index contributed by atoms with van der Waals surface area (Å²) < 4.78 is 22.7. The van der Waals surface area contributed by atoms with E-state index >= 15 is 0 Å². The number of benzene rings is 1. The van der Waals surface area contributed by atoms with Gasteiger partial charge < -0.3 is 15.7 Å². The molecule has 1 fully saturated rings. The summed E-state index contributed by atoms with van der Waals surface area (Å²) >= 11 is 0. The maximum atomic E-state index is 11.4. The van der Waals surface area contributed by atoms with E-state index in [0.717, 1.165) is 12.7 Å². The lowest BCUT2D eigenvalue weighted by Crippen LogP contribution is -2.37. The second-order valence-electron chi connectivity index (χ2n) is 5.32. The first-order valence-electron chi connectivity index (χ1n) is 6.84. The van der Waals surface area contributed by atoms with Gasteiger partial charge in [0.05, 0.1) is 11.0 Å². The van der Waals surface area contributed by atoms with Gasteiger partial charge in [-0.05, 0) is 24.1 Å². The van der Waals surface area contributed by atoms with Crippen LogP contribution in [-0.4, -0.2) is 44.8 Å². The van der Waals surface area contributed by atoms with E-state index in [4.69, 9.17) is 0 Å². The summed E-state index contributed by atoms with van der Waals surface area (Å²) in [5, 5.41) is 16.0. The molecule has 0 bridgehead atoms. The molecule has 2 rings (SSSR count). The van der Waals surface area contributed by atoms with Crippen molar-refractivity contribution < 1.29 is 18.3 Å². The zero-order valence-corrected chi connectivity index (χ0v) is 12.7. The Morgan fingerprint density at radius 3 is 2.57 bits per heavy atom. The fourth-order valence-electron chi connectivity index (χ4n) is 2.28. The van der Waals surface area contributed by atoms with Gasteiger partial charge in [-0.2, -0.15) is 0 Å². The van der Waals surface area contributed by atoms with E-state index in [1.54, 1.807) is 12.1 Å². The third-order valence-corrected chi connectivity index (χ3v) is 4.63. The molecule has 0 spiro atoms. The number of carbonyl (C=O) groups is 1. The molecule has 7 heteroatoms. The maximum absolute atomic E-state index is 11.4. The zero-order chi connectivity index (χ0) is 15.5. The minimum Gasteiger partial charge on any atom is -0.387 e. The van der Waals surface area contributed by atoms with Crippen LogP contribution in [-0.2, 0) is 14.6 Å². The van der Waals surface area contributed by atoms with Gasteiger partial charge in [0.1, 0.15) is 0 Å². The summed E-state index contributed by atoms with van der Waals surface area (Å²) in [5.41, 5.74) is 0.658. The predicted molar refractivity (Wildman–Crippen MR) is 78.5 cm³/mol. The van der Waals surface area contributed by atoms with Gasteiger partial charge in [0.15, 0.2) is 9.84 Å². The largest absolute Gasteiger partial charge is 0.387 e. The first-order chi connectivity index (χ1) is 9.86. The van der Waals surface area contributed by atoms with E-state index in [0.29, 0.717) is 25.1 Å². The summed E-state index contributed by atoms with van der Waals surface area (Å²) in [7, 11) is -3.22. The first kappa shape index (κ1) is 15.9. The zero-order valence-electron chi connectivity index (χ0n) is 11.9. The van der Waals surface area contributed by atoms with Gasteiger partial charge in [0, 0.05) is 31.8 Å². The number of aliphatic hydroxyl groups is 1. The highest BCUT2D eigenvalue weighted by Gasteiger charge is 2.20. The number of nitrogens with one attached hydrogen (secondary N) is 2. The van der Waals surface area contributed by atoms with Crippen molar-refractivity contribution in [3.63, 3.8) is 0 Å². The number of carbonyl (C=O) groups excluding carboxylic acids is 1. The van der Waals surface area contributed by atoms with Crippen LogP contribution in [0.5, 0.6) is 0 Å². The Morgan fingerprint density at radius 1 is 1.38 bits per heavy atom. The fourth-order valence-corrected chi connectivity index (χ4v) is 2.91. The van der Waals surface area contributed by atoms with Gasteiger partial charge in [-0.25, -0.2) is 8.42 Å². The van der Waals surface area contributed by atoms with Crippen molar-refractivity contribution in [2.75, 3.05) is 19.3 Å². The average Bonchev–Trinajstić information content (AvgIpc) is 2.83. The Labute approximate surface area is 124 Å². The van der Waals surface area contributed by atoms with Gasteiger partial charge in [-0.15, -0.1) is 0 Å². The molecule has 3 N–H and O–H groups in total. The quantitative estimate of drug-likeness (QED) is 0.687. The van der Waals surface area contributed by atoms with Crippen LogP contribution in [0.15, 0.2) is 29.2 Å². The minimum absolute atomic E-state index is 0.0683. The molecule has 6 nitrogen and oxygen atoms in total. The molecule has 1 aromatic rings. The Morgan fingerprint density at radius 2 is 2.05 bits per heavy atom. The van der Waals surface area contributed by atoms with Crippen LogP contribution in [0.1, 0.15) is 24.5 Å². The molecule has 116 valence electrons. The molecule has 1 heterocycles. The van der Waals surface area contributed by atoms with E-state index in [2.05, 4.69) is 10.6 Å². The predicted octanol–water partition coefficient (Wildman–Crippen LogP) is -0.00830. The van der Waals surface area contributed by atoms with E-state index in [-0.39, 0.29) is 16.8 Å². The van der Waals surface area contributed by atoms with Gasteiger partial charge in [-0.1, -0.05) is 12.1 Å². The lowest BCUT2D eigenvalue weighted by molar-refractivity contribution is -0.119. The van der Waals surface area contributed by atoms with Crippen molar-refractivity contribution in [2.45, 2.75) is 29.9 Å². The van der Waals surface area contributed by atoms with Gasteiger partial charge in [-0.3, -0.25) is 4.79 Å². The smallest absolute Gasteiger partial charge is 0.220 e. The SMILES string of the molecule is CS(=O)(=O)c1ccc(C(O)CNCC2CCC(=O)N2)cc1. The van der Waals surface area contributed by atoms with Crippen molar-refractivity contribution >= 4 is 15.7 Å². The fraction of sp³-hybridized carbons (Fsp3) is 0.500. The van der Waals surface area contributed by atoms with Crippen LogP contribution in [0.2, 0.25) is 0 Å². The number of sulfone groups is 1. The highest BCUT2D eigenvalue weighted by Crippen LogP contribution is 2.16. The van der Waals surface area contributed by atoms with E-state index in [1.807, 2.05) is 0 Å². The van der Waals surface area contributed by atoms with Gasteiger partial charge in [0.2, 0.25) is 5.91 Å². The van der Waals surface area contributed by atoms with Crippen molar-refractivity contribution in [2.24, 2.45) is 0 Å². The third-order valence-electron chi connectivity index (χ3n) is 3.51. The molecule has 0 radical (unpaired) electrons. The Balaban J connectivity index is 1.83. The molecule has 0 aromatic heterocycles. The summed E-state index contributed by atoms with van der Waals surface area (Å²) in [6, 6.07) is 6.33. The van der Waals surface area contributed by atoms with Crippen molar-refractivity contribution in [3.05, 3.63) is 29.8 Å². The Bertz CT molecular complexity index is 598. The molecular formula is C14H20N2O4S. The maximum Gasteiger partial charge on any atom is 0.220 e. The lowest BCUT2D eigenvalue weighted by atomic mass is 10.1. The van der Waals surface area contributed by atoms with Crippen LogP contribution in [0.25, 0.3) is 0 Å². The molecule has 1 saturated heterocycles. The van der Waals surface area contributed by atoms with Crippen molar-refractivity contribution in [1.82, 2.24) is 10.6 Å². The summed E-state index contributed by atoms with van der Waals surface area (Å²) in [4.78, 5) is 11.3. The Hall–Kier alpha value is -1.44. The summed E-state index contributed by atoms with van der Waals surface area (Å²) in [6.45, 7) is 0.967. The molecule has 2 unspecified atom stereocenters. The highest BCUT2D eigenvalue weighted by atomic mass is 32.2. The van der Waals surface area contributed by atoms with Crippen LogP contribution < -0.4 is 10.6 Å². The molecule has 21 heavy (non-hydrogen) atoms. The monoisotopic (exact) mass is 312 g/mol. The molecule has 1 aromatic carbocycles. The average molecular weight is 312 g/mol. The molecule has 1 amide bonds. The van der Waals surface area contributed by atoms with Crippen LogP contribution in [0.4, 0.5) is 0 Å². The van der Waals surface area contributed by atoms with Crippen molar-refractivity contribution in [3.8, 4) is 0 Å². The summed E-state index contributed by atoms with van der Waals surface area (Å²) in [6.07, 6.45) is 1.80. The van der Waals surface area contributed by atoms with Gasteiger partial charge in [0.25, 0.3) is 0 Å². The minimum atomic E-state index is -3.22. The second kappa shape index (κ2) is 6.55. The van der Waals surface area contributed by atoms with Crippen LogP contribution in [0.3, 0.4) is 0 Å². The Kier molecular flexibility index (Phi) is 4.97. The summed E-state index contributed by atoms with van der Waals surface area (Å²) in [5.74, 6) is 0.0683. The topological polar surface area (TPSA) is 95.5 Å². The van der Waals surface area contributed by atoms with E-state index < -0.39 is 15.9 Å². The standard InChI is InChI=1S/C14H20N2O4S/c1-21(19,20)12-5-2-10(3-6-12)13(17)9-15-8-11-4-7-14(18)16-11/h2-3,5-6,11,13,15,17H,4,7-9H2,1H3,(H,16,18). The number of hydrogen-bond donors (Lipinski definition) is 3. The van der Waals surface area contributed by atoms with Crippen LogP contribution in [0, 0.1) is 0 Å². The molecule has 0 saturated carbocycles.